The van der Waals surface area contributed by atoms with Crippen LogP contribution < -0.4 is 16.0 Å². The van der Waals surface area contributed by atoms with Gasteiger partial charge in [0.05, 0.1) is 47.1 Å². The van der Waals surface area contributed by atoms with Gasteiger partial charge in [-0.05, 0) is 46.2 Å². The molecule has 0 spiro atoms. The van der Waals surface area contributed by atoms with Gasteiger partial charge < -0.3 is 16.0 Å². The maximum atomic E-state index is 12.7. The fourth-order valence-electron chi connectivity index (χ4n) is 4.49. The lowest BCUT2D eigenvalue weighted by Gasteiger charge is -2.30. The second-order valence-electron chi connectivity index (χ2n) is 9.80. The first-order chi connectivity index (χ1) is 17.2. The highest BCUT2D eigenvalue weighted by Gasteiger charge is 2.32. The highest BCUT2D eigenvalue weighted by Crippen LogP contribution is 2.29. The van der Waals surface area contributed by atoms with Crippen LogP contribution in [0.25, 0.3) is 11.0 Å². The molecule has 1 aliphatic heterocycles. The van der Waals surface area contributed by atoms with Crippen LogP contribution in [-0.2, 0) is 18.9 Å². The Hall–Kier alpha value is -4.06. The molecule has 5 heterocycles. The number of rotatable bonds is 7. The van der Waals surface area contributed by atoms with Gasteiger partial charge in [0.1, 0.15) is 0 Å². The number of carbonyl (C=O) groups is 1. The Morgan fingerprint density at radius 2 is 1.94 bits per heavy atom. The van der Waals surface area contributed by atoms with Gasteiger partial charge in [-0.25, -0.2) is 9.67 Å². The first kappa shape index (κ1) is 23.7. The number of hydrogen-bond donors (Lipinski definition) is 3. The van der Waals surface area contributed by atoms with Gasteiger partial charge in [-0.3, -0.25) is 19.4 Å². The topological polar surface area (TPSA) is 131 Å². The van der Waals surface area contributed by atoms with Crippen LogP contribution in [0.15, 0.2) is 30.9 Å². The number of fused-ring (bicyclic) bond motifs is 1. The van der Waals surface area contributed by atoms with Crippen LogP contribution in [-0.4, -0.2) is 63.9 Å². The van der Waals surface area contributed by atoms with Gasteiger partial charge in [-0.2, -0.15) is 15.2 Å². The minimum absolute atomic E-state index is 0.0467. The predicted molar refractivity (Wildman–Crippen MR) is 139 cm³/mol. The minimum Gasteiger partial charge on any atom is -0.337 e. The Balaban J connectivity index is 1.32. The van der Waals surface area contributed by atoms with E-state index < -0.39 is 0 Å². The number of pyridine rings is 1. The number of likely N-dealkylation sites (tertiary alicyclic amines) is 1. The summed E-state index contributed by atoms with van der Waals surface area (Å²) in [4.78, 5) is 28.4. The fraction of sp³-hybridized carbons (Fsp3) is 0.417. The molecular weight excluding hydrogens is 458 g/mol. The molecule has 0 bridgehead atoms. The zero-order valence-corrected chi connectivity index (χ0v) is 21.2. The molecule has 1 aliphatic rings. The van der Waals surface area contributed by atoms with Gasteiger partial charge in [0, 0.05) is 32.0 Å². The third-order valence-corrected chi connectivity index (χ3v) is 6.57. The number of aryl methyl sites for hydroxylation is 3. The lowest BCUT2D eigenvalue weighted by atomic mass is 10.0. The Bertz CT molecular complexity index is 1420. The number of amides is 1. The molecule has 0 radical (unpaired) electrons. The van der Waals surface area contributed by atoms with Gasteiger partial charge >= 0.3 is 0 Å². The average molecular weight is 490 g/mol. The van der Waals surface area contributed by atoms with Crippen LogP contribution in [0.4, 0.5) is 28.8 Å². The molecule has 0 aliphatic carbocycles. The maximum Gasteiger partial charge on any atom is 0.238 e. The molecule has 0 aromatic carbocycles. The number of aromatic nitrogens is 7. The van der Waals surface area contributed by atoms with Crippen LogP contribution in [0.2, 0.25) is 0 Å². The molecule has 0 saturated carbocycles. The predicted octanol–water partition coefficient (Wildman–Crippen LogP) is 3.10. The van der Waals surface area contributed by atoms with Crippen molar-refractivity contribution in [3.63, 3.8) is 0 Å². The van der Waals surface area contributed by atoms with Crippen LogP contribution in [0, 0.1) is 6.92 Å². The van der Waals surface area contributed by atoms with Crippen LogP contribution in [0.5, 0.6) is 0 Å². The van der Waals surface area contributed by atoms with Crippen molar-refractivity contribution in [2.45, 2.75) is 39.2 Å². The molecular formula is C24H31N11O. The van der Waals surface area contributed by atoms with E-state index >= 15 is 0 Å². The number of hydrogen-bond acceptors (Lipinski definition) is 9. The summed E-state index contributed by atoms with van der Waals surface area (Å²) in [6.45, 7) is 7.57. The van der Waals surface area contributed by atoms with Crippen LogP contribution in [0.1, 0.15) is 32.4 Å². The maximum absolute atomic E-state index is 12.7. The molecule has 5 rings (SSSR count). The number of carbonyl (C=O) groups excluding carboxylic acids is 1. The Morgan fingerprint density at radius 1 is 1.11 bits per heavy atom. The van der Waals surface area contributed by atoms with E-state index in [2.05, 4.69) is 59.8 Å². The van der Waals surface area contributed by atoms with E-state index in [1.54, 1.807) is 28.0 Å². The van der Waals surface area contributed by atoms with E-state index in [0.29, 0.717) is 29.6 Å². The summed E-state index contributed by atoms with van der Waals surface area (Å²) in [5.41, 5.74) is 3.67. The van der Waals surface area contributed by atoms with Crippen molar-refractivity contribution in [3.05, 3.63) is 36.5 Å². The van der Waals surface area contributed by atoms with Crippen molar-refractivity contribution >= 4 is 45.8 Å². The minimum atomic E-state index is -0.0492. The summed E-state index contributed by atoms with van der Waals surface area (Å²) in [7, 11) is 3.68. The smallest absolute Gasteiger partial charge is 0.238 e. The van der Waals surface area contributed by atoms with E-state index in [1.807, 2.05) is 33.3 Å². The third kappa shape index (κ3) is 4.85. The van der Waals surface area contributed by atoms with Crippen LogP contribution >= 0.6 is 0 Å². The molecule has 188 valence electrons. The Labute approximate surface area is 209 Å². The molecule has 0 atom stereocenters. The average Bonchev–Trinajstić information content (AvgIpc) is 3.48. The Kier molecular flexibility index (Phi) is 6.04. The summed E-state index contributed by atoms with van der Waals surface area (Å²) in [6.07, 6.45) is 9.16. The fourth-order valence-corrected chi connectivity index (χ4v) is 4.49. The molecule has 12 heteroatoms. The summed E-state index contributed by atoms with van der Waals surface area (Å²) in [6, 6.07) is 1.87. The molecule has 3 N–H and O–H groups in total. The lowest BCUT2D eigenvalue weighted by Crippen LogP contribution is -2.42. The summed E-state index contributed by atoms with van der Waals surface area (Å²) < 4.78 is 3.40. The van der Waals surface area contributed by atoms with Gasteiger partial charge in [-0.1, -0.05) is 0 Å². The highest BCUT2D eigenvalue weighted by molar-refractivity contribution is 5.93. The van der Waals surface area contributed by atoms with Crippen molar-refractivity contribution in [3.8, 4) is 0 Å². The molecule has 0 unspecified atom stereocenters. The molecule has 4 aromatic rings. The quantitative estimate of drug-likeness (QED) is 0.358. The number of nitrogens with one attached hydrogen (secondary N) is 3. The van der Waals surface area contributed by atoms with Gasteiger partial charge in [0.25, 0.3) is 0 Å². The summed E-state index contributed by atoms with van der Waals surface area (Å²) >= 11 is 0. The van der Waals surface area contributed by atoms with E-state index in [4.69, 9.17) is 0 Å². The van der Waals surface area contributed by atoms with E-state index in [9.17, 15) is 4.79 Å². The zero-order valence-electron chi connectivity index (χ0n) is 21.2. The van der Waals surface area contributed by atoms with E-state index in [-0.39, 0.29) is 11.4 Å². The molecule has 1 fully saturated rings. The van der Waals surface area contributed by atoms with Crippen molar-refractivity contribution in [2.24, 2.45) is 14.1 Å². The first-order valence-corrected chi connectivity index (χ1v) is 11.9. The van der Waals surface area contributed by atoms with Crippen molar-refractivity contribution in [2.75, 3.05) is 29.0 Å². The zero-order chi connectivity index (χ0) is 25.4. The van der Waals surface area contributed by atoms with Crippen molar-refractivity contribution < 1.29 is 4.79 Å². The van der Waals surface area contributed by atoms with Crippen molar-refractivity contribution in [1.82, 2.24) is 39.4 Å². The van der Waals surface area contributed by atoms with E-state index in [1.165, 1.54) is 0 Å². The standard InChI is InChI=1S/C24H31N11O/c1-15-19(9-16(10-25-15)28-20(36)14-35-8-6-7-24(35,2)3)30-21-18-12-26-23(31-22(18)34(5)32-21)29-17-11-27-33(4)13-17/h9-13H,6-8,14H2,1-5H3,(H,28,36)(H,30,32)(H,26,29,31). The first-order valence-electron chi connectivity index (χ1n) is 11.9. The third-order valence-electron chi connectivity index (χ3n) is 6.57. The van der Waals surface area contributed by atoms with E-state index in [0.717, 1.165) is 41.8 Å². The van der Waals surface area contributed by atoms with Crippen molar-refractivity contribution in [1.29, 1.82) is 0 Å². The Morgan fingerprint density at radius 3 is 2.67 bits per heavy atom. The second kappa shape index (κ2) is 9.19. The highest BCUT2D eigenvalue weighted by atomic mass is 16.2. The largest absolute Gasteiger partial charge is 0.337 e. The molecule has 36 heavy (non-hydrogen) atoms. The SMILES string of the molecule is Cc1ncc(NC(=O)CN2CCCC2(C)C)cc1Nc1nn(C)c2nc(Nc3cnn(C)c3)ncc12. The summed E-state index contributed by atoms with van der Waals surface area (Å²) in [5, 5.41) is 19.0. The van der Waals surface area contributed by atoms with Gasteiger partial charge in [-0.15, -0.1) is 0 Å². The normalized spacial score (nSPS) is 15.4. The lowest BCUT2D eigenvalue weighted by molar-refractivity contribution is -0.118. The molecule has 1 saturated heterocycles. The monoisotopic (exact) mass is 489 g/mol. The van der Waals surface area contributed by atoms with Gasteiger partial charge in [0.15, 0.2) is 11.5 Å². The second-order valence-corrected chi connectivity index (χ2v) is 9.80. The van der Waals surface area contributed by atoms with Crippen LogP contribution in [0.3, 0.4) is 0 Å². The molecule has 1 amide bonds. The summed E-state index contributed by atoms with van der Waals surface area (Å²) in [5.74, 6) is 1.01. The number of anilines is 5. The van der Waals surface area contributed by atoms with Gasteiger partial charge in [0.2, 0.25) is 11.9 Å². The molecule has 12 nitrogen and oxygen atoms in total. The number of nitrogens with zero attached hydrogens (tertiary/aromatic N) is 8. The molecule has 4 aromatic heterocycles.